The molecule has 0 amide bonds. The molecule has 1 aromatic rings. The maximum Gasteiger partial charge on any atom is 0.140 e. The van der Waals surface area contributed by atoms with Gasteiger partial charge in [0.2, 0.25) is 0 Å². The molecular formula is C6H7N3S. The first kappa shape index (κ1) is 7.16. The molecule has 0 radical (unpaired) electrons. The summed E-state index contributed by atoms with van der Waals surface area (Å²) in [6, 6.07) is 0. The molecule has 0 saturated carbocycles. The summed E-state index contributed by atoms with van der Waals surface area (Å²) in [6.07, 6.45) is 0. The monoisotopic (exact) mass is 153 g/mol. The molecule has 0 unspecified atom stereocenters. The summed E-state index contributed by atoms with van der Waals surface area (Å²) in [7, 11) is 0. The lowest BCUT2D eigenvalue weighted by Gasteiger charge is -1.86. The van der Waals surface area contributed by atoms with E-state index >= 15 is 0 Å². The highest BCUT2D eigenvalue weighted by Crippen LogP contribution is 2.19. The minimum atomic E-state index is 0.778. The van der Waals surface area contributed by atoms with Gasteiger partial charge in [-0.1, -0.05) is 0 Å². The van der Waals surface area contributed by atoms with Gasteiger partial charge in [0.05, 0.1) is 0 Å². The van der Waals surface area contributed by atoms with Crippen molar-refractivity contribution in [3.8, 4) is 5.40 Å². The van der Waals surface area contributed by atoms with Crippen LogP contribution in [-0.4, -0.2) is 10.2 Å². The third-order valence-corrected chi connectivity index (χ3v) is 2.03. The van der Waals surface area contributed by atoms with Crippen LogP contribution in [0.5, 0.6) is 0 Å². The normalized spacial score (nSPS) is 9.30. The van der Waals surface area contributed by atoms with Crippen LogP contribution in [0, 0.1) is 24.5 Å². The standard InChI is InChI=1S/C6H7N3S/c1-4-5(2)8-9-6(4)10-3-7/h1-2H3,(H,8,9). The Labute approximate surface area is 63.4 Å². The predicted molar refractivity (Wildman–Crippen MR) is 39.5 cm³/mol. The zero-order valence-electron chi connectivity index (χ0n) is 5.80. The molecule has 1 aromatic heterocycles. The van der Waals surface area contributed by atoms with E-state index < -0.39 is 0 Å². The average Bonchev–Trinajstić information content (AvgIpc) is 2.20. The fourth-order valence-corrected chi connectivity index (χ4v) is 1.09. The zero-order valence-corrected chi connectivity index (χ0v) is 6.62. The van der Waals surface area contributed by atoms with E-state index in [9.17, 15) is 0 Å². The van der Waals surface area contributed by atoms with Crippen LogP contribution in [-0.2, 0) is 0 Å². The quantitative estimate of drug-likeness (QED) is 0.492. The first-order valence-electron chi connectivity index (χ1n) is 2.83. The number of aromatic amines is 1. The molecule has 0 aliphatic carbocycles. The number of nitrogens with one attached hydrogen (secondary N) is 1. The molecule has 3 nitrogen and oxygen atoms in total. The molecule has 4 heteroatoms. The Morgan fingerprint density at radius 2 is 2.30 bits per heavy atom. The van der Waals surface area contributed by atoms with Gasteiger partial charge in [-0.2, -0.15) is 10.4 Å². The lowest BCUT2D eigenvalue weighted by Crippen LogP contribution is -1.72. The van der Waals surface area contributed by atoms with Crippen molar-refractivity contribution in [1.82, 2.24) is 10.2 Å². The largest absolute Gasteiger partial charge is 0.281 e. The van der Waals surface area contributed by atoms with Crippen LogP contribution >= 0.6 is 11.8 Å². The number of aromatic nitrogens is 2. The van der Waals surface area contributed by atoms with E-state index in [2.05, 4.69) is 10.2 Å². The minimum Gasteiger partial charge on any atom is -0.281 e. The molecule has 1 N–H and O–H groups in total. The molecule has 1 heterocycles. The second-order valence-corrected chi connectivity index (χ2v) is 2.75. The van der Waals surface area contributed by atoms with Gasteiger partial charge in [-0.25, -0.2) is 0 Å². The number of rotatable bonds is 1. The smallest absolute Gasteiger partial charge is 0.140 e. The Kier molecular flexibility index (Phi) is 1.97. The Hall–Kier alpha value is -0.950. The molecule has 0 atom stereocenters. The van der Waals surface area contributed by atoms with Crippen LogP contribution in [0.1, 0.15) is 11.3 Å². The maximum absolute atomic E-state index is 8.31. The number of thioether (sulfide) groups is 1. The second-order valence-electron chi connectivity index (χ2n) is 1.97. The van der Waals surface area contributed by atoms with Gasteiger partial charge in [0.25, 0.3) is 0 Å². The van der Waals surface area contributed by atoms with Crippen LogP contribution in [0.4, 0.5) is 0 Å². The third kappa shape index (κ3) is 1.14. The van der Waals surface area contributed by atoms with Gasteiger partial charge < -0.3 is 0 Å². The fourth-order valence-electron chi connectivity index (χ4n) is 0.605. The number of nitrogens with zero attached hydrogens (tertiary/aromatic N) is 2. The summed E-state index contributed by atoms with van der Waals surface area (Å²) in [5.41, 5.74) is 2.09. The van der Waals surface area contributed by atoms with Gasteiger partial charge in [-0.15, -0.1) is 0 Å². The molecule has 0 fully saturated rings. The van der Waals surface area contributed by atoms with E-state index in [1.807, 2.05) is 19.2 Å². The molecule has 0 aromatic carbocycles. The molecule has 0 bridgehead atoms. The molecule has 0 aliphatic heterocycles. The Morgan fingerprint density at radius 3 is 2.70 bits per heavy atom. The summed E-state index contributed by atoms with van der Waals surface area (Å²) in [5.74, 6) is 0. The van der Waals surface area contributed by atoms with E-state index in [-0.39, 0.29) is 0 Å². The first-order chi connectivity index (χ1) is 4.75. The van der Waals surface area contributed by atoms with E-state index in [4.69, 9.17) is 5.26 Å². The van der Waals surface area contributed by atoms with Crippen molar-refractivity contribution < 1.29 is 0 Å². The predicted octanol–water partition coefficient (Wildman–Crippen LogP) is 1.60. The minimum absolute atomic E-state index is 0.778. The average molecular weight is 153 g/mol. The van der Waals surface area contributed by atoms with Crippen LogP contribution in [0.15, 0.2) is 5.03 Å². The second kappa shape index (κ2) is 2.76. The van der Waals surface area contributed by atoms with Gasteiger partial charge in [0.1, 0.15) is 10.4 Å². The van der Waals surface area contributed by atoms with E-state index in [0.717, 1.165) is 28.0 Å². The molecule has 0 aliphatic rings. The molecular weight excluding hydrogens is 146 g/mol. The number of nitriles is 1. The van der Waals surface area contributed by atoms with Gasteiger partial charge in [-0.05, 0) is 13.8 Å². The van der Waals surface area contributed by atoms with E-state index in [0.29, 0.717) is 0 Å². The van der Waals surface area contributed by atoms with E-state index in [1.54, 1.807) is 0 Å². The molecule has 0 spiro atoms. The lowest BCUT2D eigenvalue weighted by molar-refractivity contribution is 0.982. The van der Waals surface area contributed by atoms with Crippen LogP contribution in [0.25, 0.3) is 0 Å². The number of thiocyanates is 1. The first-order valence-corrected chi connectivity index (χ1v) is 3.65. The summed E-state index contributed by atoms with van der Waals surface area (Å²) in [6.45, 7) is 3.88. The summed E-state index contributed by atoms with van der Waals surface area (Å²) < 4.78 is 0. The van der Waals surface area contributed by atoms with E-state index in [1.165, 1.54) is 0 Å². The van der Waals surface area contributed by atoms with Gasteiger partial charge >= 0.3 is 0 Å². The van der Waals surface area contributed by atoms with Crippen LogP contribution in [0.3, 0.4) is 0 Å². The Morgan fingerprint density at radius 1 is 1.60 bits per heavy atom. The molecule has 10 heavy (non-hydrogen) atoms. The van der Waals surface area contributed by atoms with Crippen LogP contribution in [0.2, 0.25) is 0 Å². The summed E-state index contributed by atoms with van der Waals surface area (Å²) in [4.78, 5) is 0. The van der Waals surface area contributed by atoms with Crippen molar-refractivity contribution in [2.75, 3.05) is 0 Å². The van der Waals surface area contributed by atoms with Gasteiger partial charge in [-0.3, -0.25) is 5.10 Å². The fraction of sp³-hybridized carbons (Fsp3) is 0.333. The molecule has 52 valence electrons. The van der Waals surface area contributed by atoms with Crippen molar-refractivity contribution >= 4 is 11.8 Å². The summed E-state index contributed by atoms with van der Waals surface area (Å²) >= 11 is 1.09. The highest BCUT2D eigenvalue weighted by atomic mass is 32.2. The van der Waals surface area contributed by atoms with Crippen molar-refractivity contribution in [3.63, 3.8) is 0 Å². The number of hydrogen-bond acceptors (Lipinski definition) is 3. The topological polar surface area (TPSA) is 52.5 Å². The molecule has 1 rings (SSSR count). The number of aryl methyl sites for hydroxylation is 1. The molecule has 0 saturated heterocycles. The highest BCUT2D eigenvalue weighted by Gasteiger charge is 2.03. The third-order valence-electron chi connectivity index (χ3n) is 1.35. The number of H-pyrrole nitrogens is 1. The maximum atomic E-state index is 8.31. The SMILES string of the molecule is Cc1[nH]nc(SC#N)c1C. The highest BCUT2D eigenvalue weighted by molar-refractivity contribution is 8.03. The van der Waals surface area contributed by atoms with Crippen molar-refractivity contribution in [1.29, 1.82) is 5.26 Å². The van der Waals surface area contributed by atoms with Crippen molar-refractivity contribution in [3.05, 3.63) is 11.3 Å². The summed E-state index contributed by atoms with van der Waals surface area (Å²) in [5, 5.41) is 17.8. The zero-order chi connectivity index (χ0) is 7.56. The Bertz CT molecular complexity index is 271. The van der Waals surface area contributed by atoms with Gasteiger partial charge in [0.15, 0.2) is 0 Å². The number of hydrogen-bond donors (Lipinski definition) is 1. The van der Waals surface area contributed by atoms with Crippen molar-refractivity contribution in [2.45, 2.75) is 18.9 Å². The lowest BCUT2D eigenvalue weighted by atomic mass is 10.3. The Balaban J connectivity index is 2.96. The van der Waals surface area contributed by atoms with Crippen LogP contribution < -0.4 is 0 Å². The van der Waals surface area contributed by atoms with Gasteiger partial charge in [0, 0.05) is 23.0 Å². The van der Waals surface area contributed by atoms with Crippen molar-refractivity contribution in [2.24, 2.45) is 0 Å².